The molecule has 1 atom stereocenters. The summed E-state index contributed by atoms with van der Waals surface area (Å²) in [7, 11) is 1.67. The summed E-state index contributed by atoms with van der Waals surface area (Å²) in [6.07, 6.45) is 0.923. The largest absolute Gasteiger partial charge is 0.393 e. The van der Waals surface area contributed by atoms with Crippen LogP contribution >= 0.6 is 15.9 Å². The van der Waals surface area contributed by atoms with Crippen LogP contribution in [0.15, 0.2) is 28.7 Å². The first-order valence-electron chi connectivity index (χ1n) is 5.40. The van der Waals surface area contributed by atoms with Gasteiger partial charge in [-0.05, 0) is 38.0 Å². The minimum absolute atomic E-state index is 0.272. The van der Waals surface area contributed by atoms with Gasteiger partial charge in [0.25, 0.3) is 0 Å². The van der Waals surface area contributed by atoms with Gasteiger partial charge in [0, 0.05) is 18.0 Å². The molecule has 0 saturated heterocycles. The lowest BCUT2D eigenvalue weighted by Gasteiger charge is -2.25. The third-order valence-corrected chi connectivity index (χ3v) is 3.13. The molecule has 0 amide bonds. The van der Waals surface area contributed by atoms with Crippen LogP contribution < -0.4 is 0 Å². The molecule has 0 fully saturated rings. The molecule has 0 saturated carbocycles. The van der Waals surface area contributed by atoms with Crippen LogP contribution in [0.3, 0.4) is 0 Å². The van der Waals surface area contributed by atoms with Gasteiger partial charge in [-0.25, -0.2) is 0 Å². The molecule has 0 aromatic heterocycles. The van der Waals surface area contributed by atoms with Crippen molar-refractivity contribution in [2.24, 2.45) is 0 Å². The number of halogens is 1. The summed E-state index contributed by atoms with van der Waals surface area (Å²) in [6.45, 7) is 3.97. The van der Waals surface area contributed by atoms with Crippen LogP contribution in [0.2, 0.25) is 0 Å². The van der Waals surface area contributed by atoms with Crippen molar-refractivity contribution in [1.82, 2.24) is 0 Å². The predicted octanol–water partition coefficient (Wildman–Crippen LogP) is 3.17. The molecule has 0 aliphatic heterocycles. The normalized spacial score (nSPS) is 13.8. The Hall–Kier alpha value is -0.380. The Bertz CT molecular complexity index is 336. The van der Waals surface area contributed by atoms with Crippen LogP contribution in [-0.2, 0) is 11.2 Å². The minimum atomic E-state index is -0.371. The summed E-state index contributed by atoms with van der Waals surface area (Å²) >= 11 is 3.42. The zero-order chi connectivity index (χ0) is 12.2. The highest BCUT2D eigenvalue weighted by Gasteiger charge is 2.21. The summed E-state index contributed by atoms with van der Waals surface area (Å²) in [6, 6.07) is 8.01. The van der Waals surface area contributed by atoms with E-state index in [1.807, 2.05) is 38.1 Å². The van der Waals surface area contributed by atoms with Crippen LogP contribution in [0, 0.1) is 0 Å². The molecule has 2 nitrogen and oxygen atoms in total. The van der Waals surface area contributed by atoms with Gasteiger partial charge < -0.3 is 9.84 Å². The highest BCUT2D eigenvalue weighted by molar-refractivity contribution is 9.10. The molecule has 16 heavy (non-hydrogen) atoms. The van der Waals surface area contributed by atoms with Gasteiger partial charge in [-0.2, -0.15) is 0 Å². The number of ether oxygens (including phenoxy) is 1. The standard InChI is InChI=1S/C13H19BrO2/c1-13(2,16-3)9-12(15)8-10-5-4-6-11(14)7-10/h4-7,12,15H,8-9H2,1-3H3. The molecule has 1 aromatic rings. The van der Waals surface area contributed by atoms with E-state index in [0.717, 1.165) is 10.0 Å². The fraction of sp³-hybridized carbons (Fsp3) is 0.538. The van der Waals surface area contributed by atoms with Crippen molar-refractivity contribution in [2.45, 2.75) is 38.4 Å². The highest BCUT2D eigenvalue weighted by Crippen LogP contribution is 2.19. The summed E-state index contributed by atoms with van der Waals surface area (Å²) in [4.78, 5) is 0. The summed E-state index contributed by atoms with van der Waals surface area (Å²) < 4.78 is 6.35. The second kappa shape index (κ2) is 5.80. The van der Waals surface area contributed by atoms with E-state index in [1.165, 1.54) is 0 Å². The van der Waals surface area contributed by atoms with Crippen molar-refractivity contribution >= 4 is 15.9 Å². The SMILES string of the molecule is COC(C)(C)CC(O)Cc1cccc(Br)c1. The third-order valence-electron chi connectivity index (χ3n) is 2.64. The molecular weight excluding hydrogens is 268 g/mol. The van der Waals surface area contributed by atoms with Gasteiger partial charge in [-0.3, -0.25) is 0 Å². The van der Waals surface area contributed by atoms with Crippen molar-refractivity contribution in [3.63, 3.8) is 0 Å². The van der Waals surface area contributed by atoms with Gasteiger partial charge >= 0.3 is 0 Å². The Labute approximate surface area is 106 Å². The number of aliphatic hydroxyl groups excluding tert-OH is 1. The Balaban J connectivity index is 2.55. The van der Waals surface area contributed by atoms with Gasteiger partial charge in [0.15, 0.2) is 0 Å². The van der Waals surface area contributed by atoms with Crippen molar-refractivity contribution in [3.8, 4) is 0 Å². The first-order chi connectivity index (χ1) is 7.43. The molecule has 0 aliphatic carbocycles. The molecule has 1 aromatic carbocycles. The Morgan fingerprint density at radius 2 is 2.12 bits per heavy atom. The van der Waals surface area contributed by atoms with Crippen molar-refractivity contribution in [3.05, 3.63) is 34.3 Å². The fourth-order valence-corrected chi connectivity index (χ4v) is 2.11. The van der Waals surface area contributed by atoms with Gasteiger partial charge in [0.1, 0.15) is 0 Å². The molecule has 1 N–H and O–H groups in total. The van der Waals surface area contributed by atoms with E-state index < -0.39 is 0 Å². The molecule has 0 radical (unpaired) electrons. The first kappa shape index (κ1) is 13.7. The van der Waals surface area contributed by atoms with Crippen LogP contribution in [0.1, 0.15) is 25.8 Å². The van der Waals surface area contributed by atoms with E-state index in [4.69, 9.17) is 4.74 Å². The van der Waals surface area contributed by atoms with E-state index in [0.29, 0.717) is 12.8 Å². The average Bonchev–Trinajstić information content (AvgIpc) is 2.16. The second-order valence-corrected chi connectivity index (χ2v) is 5.57. The fourth-order valence-electron chi connectivity index (χ4n) is 1.66. The van der Waals surface area contributed by atoms with E-state index in [1.54, 1.807) is 7.11 Å². The van der Waals surface area contributed by atoms with E-state index in [2.05, 4.69) is 15.9 Å². The Morgan fingerprint density at radius 1 is 1.44 bits per heavy atom. The molecular formula is C13H19BrO2. The topological polar surface area (TPSA) is 29.5 Å². The number of aliphatic hydroxyl groups is 1. The molecule has 0 heterocycles. The maximum absolute atomic E-state index is 9.96. The molecule has 0 spiro atoms. The van der Waals surface area contributed by atoms with Crippen LogP contribution in [-0.4, -0.2) is 23.9 Å². The van der Waals surface area contributed by atoms with Gasteiger partial charge in [-0.1, -0.05) is 28.1 Å². The van der Waals surface area contributed by atoms with Crippen molar-refractivity contribution in [2.75, 3.05) is 7.11 Å². The molecule has 1 rings (SSSR count). The summed E-state index contributed by atoms with van der Waals surface area (Å²) in [5.41, 5.74) is 0.861. The Kier molecular flexibility index (Phi) is 4.96. The quantitative estimate of drug-likeness (QED) is 0.901. The van der Waals surface area contributed by atoms with Crippen LogP contribution in [0.25, 0.3) is 0 Å². The first-order valence-corrected chi connectivity index (χ1v) is 6.20. The third kappa shape index (κ3) is 4.64. The number of benzene rings is 1. The molecule has 1 unspecified atom stereocenters. The maximum atomic E-state index is 9.96. The van der Waals surface area contributed by atoms with Crippen molar-refractivity contribution < 1.29 is 9.84 Å². The highest BCUT2D eigenvalue weighted by atomic mass is 79.9. The van der Waals surface area contributed by atoms with E-state index in [9.17, 15) is 5.11 Å². The van der Waals surface area contributed by atoms with Crippen molar-refractivity contribution in [1.29, 1.82) is 0 Å². The second-order valence-electron chi connectivity index (χ2n) is 4.66. The van der Waals surface area contributed by atoms with E-state index in [-0.39, 0.29) is 11.7 Å². The number of hydrogen-bond donors (Lipinski definition) is 1. The van der Waals surface area contributed by atoms with Gasteiger partial charge in [-0.15, -0.1) is 0 Å². The molecule has 90 valence electrons. The smallest absolute Gasteiger partial charge is 0.0647 e. The minimum Gasteiger partial charge on any atom is -0.393 e. The summed E-state index contributed by atoms with van der Waals surface area (Å²) in [5, 5.41) is 9.96. The lowest BCUT2D eigenvalue weighted by atomic mass is 9.96. The average molecular weight is 287 g/mol. The number of rotatable bonds is 5. The molecule has 0 aliphatic rings. The zero-order valence-electron chi connectivity index (χ0n) is 10.0. The van der Waals surface area contributed by atoms with E-state index >= 15 is 0 Å². The van der Waals surface area contributed by atoms with Crippen LogP contribution in [0.4, 0.5) is 0 Å². The molecule has 0 bridgehead atoms. The zero-order valence-corrected chi connectivity index (χ0v) is 11.6. The lowest BCUT2D eigenvalue weighted by Crippen LogP contribution is -2.29. The monoisotopic (exact) mass is 286 g/mol. The van der Waals surface area contributed by atoms with Gasteiger partial charge in [0.2, 0.25) is 0 Å². The number of hydrogen-bond acceptors (Lipinski definition) is 2. The van der Waals surface area contributed by atoms with Gasteiger partial charge in [0.05, 0.1) is 11.7 Å². The Morgan fingerprint density at radius 3 is 2.69 bits per heavy atom. The number of methoxy groups -OCH3 is 1. The molecule has 3 heteroatoms. The summed E-state index contributed by atoms with van der Waals surface area (Å²) in [5.74, 6) is 0. The van der Waals surface area contributed by atoms with Crippen LogP contribution in [0.5, 0.6) is 0 Å². The predicted molar refractivity (Wildman–Crippen MR) is 69.6 cm³/mol. The lowest BCUT2D eigenvalue weighted by molar-refractivity contribution is -0.0190. The maximum Gasteiger partial charge on any atom is 0.0647 e.